The molecule has 1 aliphatic rings. The topological polar surface area (TPSA) is 61.2 Å². The van der Waals surface area contributed by atoms with Gasteiger partial charge in [-0.05, 0) is 5.53 Å². The third-order valence-corrected chi connectivity index (χ3v) is 1.43. The smallest absolute Gasteiger partial charge is 0.0775 e. The van der Waals surface area contributed by atoms with Crippen molar-refractivity contribution < 1.29 is 4.74 Å². The third kappa shape index (κ3) is 2.23. The van der Waals surface area contributed by atoms with Crippen LogP contribution in [-0.4, -0.2) is 37.9 Å². The molecule has 0 spiro atoms. The first-order valence-corrected chi connectivity index (χ1v) is 3.24. The van der Waals surface area contributed by atoms with Crippen LogP contribution in [0.15, 0.2) is 5.11 Å². The molecule has 5 heteroatoms. The van der Waals surface area contributed by atoms with Gasteiger partial charge in [-0.1, -0.05) is 5.11 Å². The van der Waals surface area contributed by atoms with E-state index in [-0.39, 0.29) is 0 Å². The molecule has 0 aliphatic carbocycles. The van der Waals surface area contributed by atoms with Crippen LogP contribution in [0.5, 0.6) is 0 Å². The zero-order valence-corrected chi connectivity index (χ0v) is 5.73. The largest absolute Gasteiger partial charge is 0.379 e. The van der Waals surface area contributed by atoms with Gasteiger partial charge < -0.3 is 4.74 Å². The molecular weight excluding hydrogens is 132 g/mol. The van der Waals surface area contributed by atoms with Crippen molar-refractivity contribution in [3.05, 3.63) is 10.4 Å². The third-order valence-electron chi connectivity index (χ3n) is 1.43. The van der Waals surface area contributed by atoms with Gasteiger partial charge in [-0.15, -0.1) is 0 Å². The Kier molecular flexibility index (Phi) is 3.02. The first kappa shape index (κ1) is 7.34. The van der Waals surface area contributed by atoms with E-state index in [1.54, 1.807) is 0 Å². The number of rotatable bonds is 2. The van der Waals surface area contributed by atoms with Crippen LogP contribution in [0.1, 0.15) is 0 Å². The lowest BCUT2D eigenvalue weighted by atomic mass is 10.5. The predicted molar refractivity (Wildman–Crippen MR) is 36.4 cm³/mol. The van der Waals surface area contributed by atoms with Crippen molar-refractivity contribution in [1.82, 2.24) is 4.90 Å². The molecular formula is C5H10N4O. The molecule has 56 valence electrons. The first-order valence-electron chi connectivity index (χ1n) is 3.24. The molecule has 1 rings (SSSR count). The minimum atomic E-state index is 0.472. The highest BCUT2D eigenvalue weighted by Crippen LogP contribution is 1.95. The van der Waals surface area contributed by atoms with E-state index in [1.807, 2.05) is 0 Å². The summed E-state index contributed by atoms with van der Waals surface area (Å²) >= 11 is 0. The fraction of sp³-hybridized carbons (Fsp3) is 1.00. The number of ether oxygens (including phenoxy) is 1. The van der Waals surface area contributed by atoms with Crippen LogP contribution in [0, 0.1) is 0 Å². The lowest BCUT2D eigenvalue weighted by Crippen LogP contribution is -2.36. The molecule has 0 aromatic rings. The van der Waals surface area contributed by atoms with E-state index < -0.39 is 0 Å². The van der Waals surface area contributed by atoms with E-state index in [2.05, 4.69) is 14.9 Å². The van der Waals surface area contributed by atoms with Gasteiger partial charge in [0.15, 0.2) is 0 Å². The molecule has 0 unspecified atom stereocenters. The van der Waals surface area contributed by atoms with E-state index in [9.17, 15) is 0 Å². The fourth-order valence-electron chi connectivity index (χ4n) is 0.860. The van der Waals surface area contributed by atoms with Crippen molar-refractivity contribution in [3.63, 3.8) is 0 Å². The molecule has 1 aliphatic heterocycles. The highest BCUT2D eigenvalue weighted by atomic mass is 16.5. The first-order chi connectivity index (χ1) is 4.93. The molecule has 5 nitrogen and oxygen atoms in total. The lowest BCUT2D eigenvalue weighted by Gasteiger charge is -2.24. The zero-order valence-electron chi connectivity index (χ0n) is 5.73. The highest BCUT2D eigenvalue weighted by molar-refractivity contribution is 4.60. The zero-order chi connectivity index (χ0) is 7.23. The Morgan fingerprint density at radius 3 is 2.80 bits per heavy atom. The number of hydrogen-bond acceptors (Lipinski definition) is 3. The van der Waals surface area contributed by atoms with Crippen molar-refractivity contribution in [2.75, 3.05) is 33.0 Å². The molecule has 10 heavy (non-hydrogen) atoms. The van der Waals surface area contributed by atoms with Crippen molar-refractivity contribution in [3.8, 4) is 0 Å². The molecule has 0 amide bonds. The molecule has 0 radical (unpaired) electrons. The Morgan fingerprint density at radius 2 is 2.20 bits per heavy atom. The van der Waals surface area contributed by atoms with E-state index in [4.69, 9.17) is 10.3 Å². The summed E-state index contributed by atoms with van der Waals surface area (Å²) in [6.07, 6.45) is 0. The van der Waals surface area contributed by atoms with Crippen molar-refractivity contribution >= 4 is 0 Å². The predicted octanol–water partition coefficient (Wildman–Crippen LogP) is 0.586. The Labute approximate surface area is 59.2 Å². The van der Waals surface area contributed by atoms with E-state index >= 15 is 0 Å². The Hall–Kier alpha value is -0.770. The van der Waals surface area contributed by atoms with Crippen LogP contribution in [0.25, 0.3) is 10.4 Å². The van der Waals surface area contributed by atoms with E-state index in [1.165, 1.54) is 0 Å². The number of hydrogen-bond donors (Lipinski definition) is 0. The summed E-state index contributed by atoms with van der Waals surface area (Å²) in [7, 11) is 0. The van der Waals surface area contributed by atoms with Gasteiger partial charge in [-0.25, -0.2) is 0 Å². The Bertz CT molecular complexity index is 137. The maximum atomic E-state index is 8.00. The van der Waals surface area contributed by atoms with Crippen molar-refractivity contribution in [2.24, 2.45) is 5.11 Å². The van der Waals surface area contributed by atoms with Crippen molar-refractivity contribution in [2.45, 2.75) is 0 Å². The monoisotopic (exact) mass is 142 g/mol. The van der Waals surface area contributed by atoms with Crippen LogP contribution in [0.4, 0.5) is 0 Å². The summed E-state index contributed by atoms with van der Waals surface area (Å²) in [4.78, 5) is 4.73. The average molecular weight is 142 g/mol. The van der Waals surface area contributed by atoms with Gasteiger partial charge in [0.25, 0.3) is 0 Å². The summed E-state index contributed by atoms with van der Waals surface area (Å²) in [5.74, 6) is 0. The molecule has 1 saturated heterocycles. The summed E-state index contributed by atoms with van der Waals surface area (Å²) in [6, 6.07) is 0. The standard InChI is InChI=1S/C5H10N4O/c6-8-7-5-9-1-3-10-4-2-9/h1-5H2. The molecule has 0 aromatic carbocycles. The minimum absolute atomic E-state index is 0.472. The molecule has 0 aromatic heterocycles. The summed E-state index contributed by atoms with van der Waals surface area (Å²) in [5.41, 5.74) is 8.00. The van der Waals surface area contributed by atoms with Gasteiger partial charge >= 0.3 is 0 Å². The van der Waals surface area contributed by atoms with Crippen LogP contribution in [0.2, 0.25) is 0 Å². The molecule has 0 saturated carbocycles. The molecule has 0 atom stereocenters. The summed E-state index contributed by atoms with van der Waals surface area (Å²) in [5, 5.41) is 3.45. The van der Waals surface area contributed by atoms with Gasteiger partial charge in [0, 0.05) is 18.0 Å². The minimum Gasteiger partial charge on any atom is -0.379 e. The average Bonchev–Trinajstić information content (AvgIpc) is 2.03. The number of nitrogens with zero attached hydrogens (tertiary/aromatic N) is 4. The molecule has 0 N–H and O–H groups in total. The number of morpholine rings is 1. The maximum Gasteiger partial charge on any atom is 0.0775 e. The second-order valence-electron chi connectivity index (χ2n) is 2.10. The molecule has 1 fully saturated rings. The summed E-state index contributed by atoms with van der Waals surface area (Å²) < 4.78 is 5.10. The molecule has 1 heterocycles. The van der Waals surface area contributed by atoms with Crippen LogP contribution < -0.4 is 0 Å². The maximum absolute atomic E-state index is 8.00. The SMILES string of the molecule is [N-]=[N+]=NCN1CCOCC1. The second kappa shape index (κ2) is 4.11. The Balaban J connectivity index is 2.19. The van der Waals surface area contributed by atoms with Gasteiger partial charge in [0.1, 0.15) is 0 Å². The quantitative estimate of drug-likeness (QED) is 0.322. The number of azide groups is 1. The van der Waals surface area contributed by atoms with Crippen LogP contribution >= 0.6 is 0 Å². The van der Waals surface area contributed by atoms with Crippen LogP contribution in [0.3, 0.4) is 0 Å². The van der Waals surface area contributed by atoms with E-state index in [0.29, 0.717) is 6.67 Å². The Morgan fingerprint density at radius 1 is 1.50 bits per heavy atom. The summed E-state index contributed by atoms with van der Waals surface area (Å²) in [6.45, 7) is 3.72. The van der Waals surface area contributed by atoms with Gasteiger partial charge in [0.05, 0.1) is 19.9 Å². The van der Waals surface area contributed by atoms with Crippen LogP contribution in [-0.2, 0) is 4.74 Å². The van der Waals surface area contributed by atoms with Crippen molar-refractivity contribution in [1.29, 1.82) is 0 Å². The van der Waals surface area contributed by atoms with Gasteiger partial charge in [-0.3, -0.25) is 4.90 Å². The van der Waals surface area contributed by atoms with Gasteiger partial charge in [0.2, 0.25) is 0 Å². The molecule has 0 bridgehead atoms. The normalized spacial score (nSPS) is 20.0. The second-order valence-corrected chi connectivity index (χ2v) is 2.10. The lowest BCUT2D eigenvalue weighted by molar-refractivity contribution is 0.0392. The van der Waals surface area contributed by atoms with E-state index in [0.717, 1.165) is 26.3 Å². The fourth-order valence-corrected chi connectivity index (χ4v) is 0.860. The highest BCUT2D eigenvalue weighted by Gasteiger charge is 2.07. The van der Waals surface area contributed by atoms with Gasteiger partial charge in [-0.2, -0.15) is 0 Å².